The number of aromatic amines is 1. The second-order valence-corrected chi connectivity index (χ2v) is 5.76. The van der Waals surface area contributed by atoms with Gasteiger partial charge in [0.05, 0.1) is 11.9 Å². The number of piperidine rings is 1. The Kier molecular flexibility index (Phi) is 3.94. The Balaban J connectivity index is 1.67. The molecule has 114 valence electrons. The van der Waals surface area contributed by atoms with Crippen LogP contribution < -0.4 is 0 Å². The molecule has 2 aromatic heterocycles. The zero-order valence-corrected chi connectivity index (χ0v) is 11.9. The maximum Gasteiger partial charge on any atom is 0.432 e. The van der Waals surface area contributed by atoms with Crippen LogP contribution >= 0.6 is 11.5 Å². The van der Waals surface area contributed by atoms with E-state index in [0.717, 1.165) is 31.3 Å². The minimum absolute atomic E-state index is 0.00134. The van der Waals surface area contributed by atoms with E-state index in [9.17, 15) is 13.2 Å². The van der Waals surface area contributed by atoms with Gasteiger partial charge in [-0.2, -0.15) is 13.2 Å². The van der Waals surface area contributed by atoms with Gasteiger partial charge in [-0.15, -0.1) is 5.10 Å². The van der Waals surface area contributed by atoms with Crippen molar-refractivity contribution < 1.29 is 13.2 Å². The highest BCUT2D eigenvalue weighted by Gasteiger charge is 2.34. The van der Waals surface area contributed by atoms with Gasteiger partial charge >= 0.3 is 6.18 Å². The maximum atomic E-state index is 12.6. The van der Waals surface area contributed by atoms with Crippen LogP contribution in [0.4, 0.5) is 13.2 Å². The molecule has 1 aliphatic rings. The van der Waals surface area contributed by atoms with Crippen LogP contribution in [0, 0.1) is 0 Å². The summed E-state index contributed by atoms with van der Waals surface area (Å²) in [7, 11) is 0. The lowest BCUT2D eigenvalue weighted by Gasteiger charge is -2.31. The number of H-pyrrole nitrogens is 1. The first-order valence-corrected chi connectivity index (χ1v) is 7.46. The zero-order valence-electron chi connectivity index (χ0n) is 11.1. The molecule has 1 unspecified atom stereocenters. The molecule has 3 heterocycles. The van der Waals surface area contributed by atoms with Crippen molar-refractivity contribution in [1.29, 1.82) is 0 Å². The van der Waals surface area contributed by atoms with Crippen molar-refractivity contribution >= 4 is 11.5 Å². The van der Waals surface area contributed by atoms with E-state index in [1.807, 2.05) is 5.38 Å². The van der Waals surface area contributed by atoms with Gasteiger partial charge in [0.2, 0.25) is 0 Å². The number of likely N-dealkylation sites (tertiary alicyclic amines) is 1. The molecule has 9 heteroatoms. The number of aromatic nitrogens is 4. The van der Waals surface area contributed by atoms with Gasteiger partial charge in [0, 0.05) is 24.4 Å². The number of hydrogen-bond acceptors (Lipinski definition) is 5. The van der Waals surface area contributed by atoms with Crippen LogP contribution in [-0.4, -0.2) is 37.5 Å². The summed E-state index contributed by atoms with van der Waals surface area (Å²) in [6.07, 6.45) is -1.72. The second kappa shape index (κ2) is 5.72. The molecule has 0 bridgehead atoms. The fourth-order valence-electron chi connectivity index (χ4n) is 2.59. The Hall–Kier alpha value is -1.48. The maximum absolute atomic E-state index is 12.6. The number of halogens is 3. The van der Waals surface area contributed by atoms with Crippen LogP contribution in [0.1, 0.15) is 36.0 Å². The molecule has 0 aromatic carbocycles. The van der Waals surface area contributed by atoms with Crippen molar-refractivity contribution in [2.75, 3.05) is 13.1 Å². The summed E-state index contributed by atoms with van der Waals surface area (Å²) in [6, 6.07) is 0. The van der Waals surface area contributed by atoms with Gasteiger partial charge in [-0.05, 0) is 30.9 Å². The fraction of sp³-hybridized carbons (Fsp3) is 0.583. The van der Waals surface area contributed by atoms with Crippen molar-refractivity contribution in [2.45, 2.75) is 31.5 Å². The number of imidazole rings is 1. The van der Waals surface area contributed by atoms with Crippen LogP contribution in [0.15, 0.2) is 11.6 Å². The smallest absolute Gasteiger partial charge is 0.338 e. The Morgan fingerprint density at radius 2 is 2.29 bits per heavy atom. The van der Waals surface area contributed by atoms with Crippen LogP contribution in [-0.2, 0) is 12.7 Å². The van der Waals surface area contributed by atoms with Gasteiger partial charge in [0.15, 0.2) is 0 Å². The van der Waals surface area contributed by atoms with Gasteiger partial charge in [-0.25, -0.2) is 4.98 Å². The average molecular weight is 317 g/mol. The molecule has 1 N–H and O–H groups in total. The third-order valence-electron chi connectivity index (χ3n) is 3.58. The van der Waals surface area contributed by atoms with Gasteiger partial charge in [0.25, 0.3) is 0 Å². The summed E-state index contributed by atoms with van der Waals surface area (Å²) in [5.41, 5.74) is 0.120. The first-order valence-electron chi connectivity index (χ1n) is 6.63. The molecule has 1 aliphatic heterocycles. The lowest BCUT2D eigenvalue weighted by atomic mass is 9.97. The van der Waals surface area contributed by atoms with Gasteiger partial charge < -0.3 is 4.98 Å². The van der Waals surface area contributed by atoms with E-state index >= 15 is 0 Å². The molecule has 0 spiro atoms. The number of rotatable bonds is 3. The zero-order chi connectivity index (χ0) is 14.9. The molecule has 1 fully saturated rings. The molecule has 0 aliphatic carbocycles. The quantitative estimate of drug-likeness (QED) is 0.945. The Bertz CT molecular complexity index is 580. The molecule has 0 saturated carbocycles. The van der Waals surface area contributed by atoms with Crippen molar-refractivity contribution in [3.8, 4) is 0 Å². The van der Waals surface area contributed by atoms with Crippen LogP contribution in [0.5, 0.6) is 0 Å². The molecule has 0 radical (unpaired) electrons. The molecule has 3 rings (SSSR count). The third kappa shape index (κ3) is 3.41. The number of nitrogens with one attached hydrogen (secondary N) is 1. The van der Waals surface area contributed by atoms with E-state index in [1.165, 1.54) is 11.5 Å². The molecule has 2 aromatic rings. The highest BCUT2D eigenvalue weighted by Crippen LogP contribution is 2.31. The van der Waals surface area contributed by atoms with Crippen molar-refractivity contribution in [1.82, 2.24) is 24.5 Å². The molecule has 5 nitrogen and oxygen atoms in total. The van der Waals surface area contributed by atoms with E-state index in [-0.39, 0.29) is 5.92 Å². The van der Waals surface area contributed by atoms with Gasteiger partial charge in [-0.3, -0.25) is 4.90 Å². The molecule has 1 saturated heterocycles. The molecular formula is C12H14F3N5S. The predicted octanol–water partition coefficient (Wildman–Crippen LogP) is 2.66. The summed E-state index contributed by atoms with van der Waals surface area (Å²) in [5, 5.41) is 5.89. The second-order valence-electron chi connectivity index (χ2n) is 5.15. The van der Waals surface area contributed by atoms with Gasteiger partial charge in [0.1, 0.15) is 11.5 Å². The summed E-state index contributed by atoms with van der Waals surface area (Å²) in [4.78, 5) is 8.50. The lowest BCUT2D eigenvalue weighted by Crippen LogP contribution is -2.34. The monoisotopic (exact) mass is 317 g/mol. The Labute approximate surface area is 123 Å². The molecule has 21 heavy (non-hydrogen) atoms. The van der Waals surface area contributed by atoms with Crippen LogP contribution in [0.3, 0.4) is 0 Å². The normalized spacial score (nSPS) is 20.8. The van der Waals surface area contributed by atoms with E-state index in [4.69, 9.17) is 0 Å². The standard InChI is InChI=1S/C12H14F3N5S/c13-12(14,15)10-4-16-11(17-10)8-2-1-3-20(5-8)6-9-7-21-19-18-9/h4,7-8H,1-3,5-6H2,(H,16,17). The largest absolute Gasteiger partial charge is 0.432 e. The van der Waals surface area contributed by atoms with Crippen LogP contribution in [0.25, 0.3) is 0 Å². The predicted molar refractivity (Wildman–Crippen MR) is 70.8 cm³/mol. The Morgan fingerprint density at radius 1 is 1.43 bits per heavy atom. The van der Waals surface area contributed by atoms with Crippen molar-refractivity contribution in [2.24, 2.45) is 0 Å². The summed E-state index contributed by atoms with van der Waals surface area (Å²) >= 11 is 1.30. The van der Waals surface area contributed by atoms with E-state index < -0.39 is 11.9 Å². The van der Waals surface area contributed by atoms with E-state index in [0.29, 0.717) is 18.9 Å². The van der Waals surface area contributed by atoms with Crippen LogP contribution in [0.2, 0.25) is 0 Å². The van der Waals surface area contributed by atoms with E-state index in [1.54, 1.807) is 0 Å². The lowest BCUT2D eigenvalue weighted by molar-refractivity contribution is -0.141. The van der Waals surface area contributed by atoms with Gasteiger partial charge in [-0.1, -0.05) is 4.49 Å². The number of alkyl halides is 3. The summed E-state index contributed by atoms with van der Waals surface area (Å²) < 4.78 is 41.6. The van der Waals surface area contributed by atoms with E-state index in [2.05, 4.69) is 24.5 Å². The number of hydrogen-bond donors (Lipinski definition) is 1. The fourth-order valence-corrected chi connectivity index (χ4v) is 3.03. The third-order valence-corrected chi connectivity index (χ3v) is 4.14. The Morgan fingerprint density at radius 3 is 2.95 bits per heavy atom. The highest BCUT2D eigenvalue weighted by atomic mass is 32.1. The first kappa shape index (κ1) is 14.5. The SMILES string of the molecule is FC(F)(F)c1cnc(C2CCCN(Cc3csnn3)C2)[nH]1. The minimum atomic E-state index is -4.37. The minimum Gasteiger partial charge on any atom is -0.338 e. The summed E-state index contributed by atoms with van der Waals surface area (Å²) in [6.45, 7) is 2.28. The number of nitrogens with zero attached hydrogens (tertiary/aromatic N) is 4. The summed E-state index contributed by atoms with van der Waals surface area (Å²) in [5.74, 6) is 0.421. The average Bonchev–Trinajstić information content (AvgIpc) is 3.09. The highest BCUT2D eigenvalue weighted by molar-refractivity contribution is 7.03. The molecule has 1 atom stereocenters. The van der Waals surface area contributed by atoms with Crippen molar-refractivity contribution in [3.05, 3.63) is 28.8 Å². The molecular weight excluding hydrogens is 303 g/mol. The topological polar surface area (TPSA) is 57.7 Å². The first-order chi connectivity index (χ1) is 10.0. The van der Waals surface area contributed by atoms with Crippen molar-refractivity contribution in [3.63, 3.8) is 0 Å². The molecule has 0 amide bonds.